The number of carboxylic acids is 1. The Balaban J connectivity index is 2.43. The molecule has 1 aromatic rings. The summed E-state index contributed by atoms with van der Waals surface area (Å²) < 4.78 is 0. The van der Waals surface area contributed by atoms with Gasteiger partial charge in [0.25, 0.3) is 0 Å². The molecule has 1 saturated heterocycles. The molecule has 2 rings (SSSR count). The van der Waals surface area contributed by atoms with E-state index in [9.17, 15) is 4.79 Å². The van der Waals surface area contributed by atoms with Gasteiger partial charge in [0, 0.05) is 13.1 Å². The van der Waals surface area contributed by atoms with E-state index in [0.717, 1.165) is 25.9 Å². The van der Waals surface area contributed by atoms with Crippen LogP contribution < -0.4 is 4.90 Å². The van der Waals surface area contributed by atoms with Gasteiger partial charge in [-0.05, 0) is 18.9 Å². The van der Waals surface area contributed by atoms with Gasteiger partial charge >= 0.3 is 5.97 Å². The van der Waals surface area contributed by atoms with Crippen molar-refractivity contribution in [3.8, 4) is 0 Å². The Labute approximate surface area is 93.2 Å². The van der Waals surface area contributed by atoms with Crippen molar-refractivity contribution in [2.45, 2.75) is 12.8 Å². The molecule has 1 aromatic heterocycles. The van der Waals surface area contributed by atoms with Crippen LogP contribution in [0.5, 0.6) is 0 Å². The molecule has 0 bridgehead atoms. The van der Waals surface area contributed by atoms with Gasteiger partial charge in [0.1, 0.15) is 11.5 Å². The molecule has 1 aliphatic heterocycles. The Hall–Kier alpha value is -2.09. The van der Waals surface area contributed by atoms with Crippen LogP contribution >= 0.6 is 0 Å². The van der Waals surface area contributed by atoms with E-state index >= 15 is 0 Å². The predicted molar refractivity (Wildman–Crippen MR) is 58.9 cm³/mol. The maximum atomic E-state index is 10.8. The molecular weight excluding hydrogens is 206 g/mol. The maximum Gasteiger partial charge on any atom is 0.354 e. The molecule has 16 heavy (non-hydrogen) atoms. The zero-order valence-electron chi connectivity index (χ0n) is 8.68. The molecule has 1 fully saturated rings. The lowest BCUT2D eigenvalue weighted by atomic mass is 10.3. The fourth-order valence-corrected chi connectivity index (χ4v) is 1.81. The summed E-state index contributed by atoms with van der Waals surface area (Å²) in [6.07, 6.45) is 2.13. The van der Waals surface area contributed by atoms with Crippen LogP contribution in [0.25, 0.3) is 4.85 Å². The van der Waals surface area contributed by atoms with Crippen LogP contribution in [0, 0.1) is 6.57 Å². The molecule has 5 heteroatoms. The van der Waals surface area contributed by atoms with Crippen molar-refractivity contribution in [1.29, 1.82) is 0 Å². The summed E-state index contributed by atoms with van der Waals surface area (Å²) in [5.74, 6) is -0.552. The van der Waals surface area contributed by atoms with Crippen molar-refractivity contribution in [2.75, 3.05) is 18.0 Å². The third kappa shape index (κ3) is 1.82. The zero-order valence-corrected chi connectivity index (χ0v) is 8.68. The summed E-state index contributed by atoms with van der Waals surface area (Å²) in [6.45, 7) is 8.73. The number of hydrogen-bond acceptors (Lipinski definition) is 3. The number of rotatable bonds is 2. The molecular formula is C11H11N3O2. The molecule has 0 atom stereocenters. The van der Waals surface area contributed by atoms with E-state index in [0.29, 0.717) is 11.5 Å². The number of nitrogens with zero attached hydrogens (tertiary/aromatic N) is 3. The van der Waals surface area contributed by atoms with Gasteiger partial charge in [-0.25, -0.2) is 14.6 Å². The minimum absolute atomic E-state index is 0.00528. The van der Waals surface area contributed by atoms with Crippen LogP contribution in [0.15, 0.2) is 12.1 Å². The number of pyridine rings is 1. The summed E-state index contributed by atoms with van der Waals surface area (Å²) in [5.41, 5.74) is 0.418. The molecule has 1 N–H and O–H groups in total. The maximum absolute atomic E-state index is 10.8. The standard InChI is InChI=1S/C11H11N3O2/c1-12-8-4-5-9(11(15)16)13-10(8)14-6-2-3-7-14/h4-5H,2-3,6-7H2,(H,15,16). The van der Waals surface area contributed by atoms with Crippen molar-refractivity contribution in [1.82, 2.24) is 4.98 Å². The number of aromatic nitrogens is 1. The summed E-state index contributed by atoms with van der Waals surface area (Å²) in [5, 5.41) is 8.86. The van der Waals surface area contributed by atoms with Gasteiger partial charge in [0.05, 0.1) is 6.57 Å². The minimum atomic E-state index is -1.06. The first-order valence-electron chi connectivity index (χ1n) is 5.09. The highest BCUT2D eigenvalue weighted by Gasteiger charge is 2.19. The molecule has 0 unspecified atom stereocenters. The van der Waals surface area contributed by atoms with E-state index in [4.69, 9.17) is 11.7 Å². The van der Waals surface area contributed by atoms with Gasteiger partial charge in [0.2, 0.25) is 5.69 Å². The third-order valence-corrected chi connectivity index (χ3v) is 2.60. The van der Waals surface area contributed by atoms with Crippen LogP contribution in [0.4, 0.5) is 11.5 Å². The van der Waals surface area contributed by atoms with E-state index in [-0.39, 0.29) is 5.69 Å². The van der Waals surface area contributed by atoms with Gasteiger partial charge in [-0.2, -0.15) is 0 Å². The van der Waals surface area contributed by atoms with Crippen LogP contribution in [0.1, 0.15) is 23.3 Å². The molecule has 1 aliphatic rings. The Morgan fingerprint density at radius 2 is 2.12 bits per heavy atom. The second-order valence-corrected chi connectivity index (χ2v) is 3.65. The molecule has 0 amide bonds. The molecule has 0 aromatic carbocycles. The normalized spacial score (nSPS) is 14.8. The molecule has 0 saturated carbocycles. The Kier molecular flexibility index (Phi) is 2.73. The number of carbonyl (C=O) groups is 1. The largest absolute Gasteiger partial charge is 0.477 e. The topological polar surface area (TPSA) is 57.8 Å². The fraction of sp³-hybridized carbons (Fsp3) is 0.364. The molecule has 82 valence electrons. The van der Waals surface area contributed by atoms with Gasteiger partial charge < -0.3 is 10.0 Å². The van der Waals surface area contributed by atoms with Crippen molar-refractivity contribution >= 4 is 17.5 Å². The lowest BCUT2D eigenvalue weighted by molar-refractivity contribution is 0.0690. The van der Waals surface area contributed by atoms with Crippen molar-refractivity contribution < 1.29 is 9.90 Å². The zero-order chi connectivity index (χ0) is 11.5. The summed E-state index contributed by atoms with van der Waals surface area (Å²) in [7, 11) is 0. The smallest absolute Gasteiger partial charge is 0.354 e. The summed E-state index contributed by atoms with van der Waals surface area (Å²) >= 11 is 0. The van der Waals surface area contributed by atoms with Gasteiger partial charge in [-0.3, -0.25) is 0 Å². The second-order valence-electron chi connectivity index (χ2n) is 3.65. The lowest BCUT2D eigenvalue weighted by Crippen LogP contribution is -2.20. The van der Waals surface area contributed by atoms with E-state index < -0.39 is 5.97 Å². The summed E-state index contributed by atoms with van der Waals surface area (Å²) in [6, 6.07) is 2.90. The molecule has 0 radical (unpaired) electrons. The van der Waals surface area contributed by atoms with E-state index in [1.807, 2.05) is 4.90 Å². The van der Waals surface area contributed by atoms with Crippen molar-refractivity contribution in [3.05, 3.63) is 29.2 Å². The van der Waals surface area contributed by atoms with Gasteiger partial charge in [0.15, 0.2) is 0 Å². The highest BCUT2D eigenvalue weighted by atomic mass is 16.4. The first-order chi connectivity index (χ1) is 7.72. The molecule has 0 aliphatic carbocycles. The molecule has 2 heterocycles. The number of hydrogen-bond donors (Lipinski definition) is 1. The molecule has 0 spiro atoms. The third-order valence-electron chi connectivity index (χ3n) is 2.60. The quantitative estimate of drug-likeness (QED) is 0.769. The average Bonchev–Trinajstić information content (AvgIpc) is 2.81. The Morgan fingerprint density at radius 1 is 1.44 bits per heavy atom. The number of aromatic carboxylic acids is 1. The van der Waals surface area contributed by atoms with E-state index in [1.54, 1.807) is 0 Å². The number of carboxylic acid groups (broad SMARTS) is 1. The van der Waals surface area contributed by atoms with Crippen LogP contribution in [0.3, 0.4) is 0 Å². The summed E-state index contributed by atoms with van der Waals surface area (Å²) in [4.78, 5) is 20.2. The first-order valence-corrected chi connectivity index (χ1v) is 5.09. The monoisotopic (exact) mass is 217 g/mol. The minimum Gasteiger partial charge on any atom is -0.477 e. The van der Waals surface area contributed by atoms with Gasteiger partial charge in [-0.15, -0.1) is 0 Å². The first kappa shape index (κ1) is 10.4. The fourth-order valence-electron chi connectivity index (χ4n) is 1.81. The predicted octanol–water partition coefficient (Wildman–Crippen LogP) is 1.93. The van der Waals surface area contributed by atoms with Crippen molar-refractivity contribution in [3.63, 3.8) is 0 Å². The highest BCUT2D eigenvalue weighted by molar-refractivity contribution is 5.87. The Morgan fingerprint density at radius 3 is 2.69 bits per heavy atom. The van der Waals surface area contributed by atoms with E-state index in [2.05, 4.69) is 9.83 Å². The van der Waals surface area contributed by atoms with Crippen LogP contribution in [0.2, 0.25) is 0 Å². The van der Waals surface area contributed by atoms with Gasteiger partial charge in [-0.1, -0.05) is 6.07 Å². The van der Waals surface area contributed by atoms with Crippen molar-refractivity contribution in [2.24, 2.45) is 0 Å². The Bertz CT molecular complexity index is 459. The highest BCUT2D eigenvalue weighted by Crippen LogP contribution is 2.29. The van der Waals surface area contributed by atoms with E-state index in [1.165, 1.54) is 12.1 Å². The SMILES string of the molecule is [C-]#[N+]c1ccc(C(=O)O)nc1N1CCCC1. The van der Waals surface area contributed by atoms with Crippen LogP contribution in [-0.4, -0.2) is 29.1 Å². The second kappa shape index (κ2) is 4.19. The average molecular weight is 217 g/mol. The molecule has 5 nitrogen and oxygen atoms in total. The lowest BCUT2D eigenvalue weighted by Gasteiger charge is -2.18. The number of anilines is 1. The van der Waals surface area contributed by atoms with Crippen LogP contribution in [-0.2, 0) is 0 Å².